The molecule has 104 valence electrons. The first-order chi connectivity index (χ1) is 9.20. The molecule has 5 heteroatoms. The smallest absolute Gasteiger partial charge is 0.418 e. The lowest BCUT2D eigenvalue weighted by molar-refractivity contribution is 0.0804. The minimum Gasteiger partial charge on any atom is -0.446 e. The van der Waals surface area contributed by atoms with Gasteiger partial charge in [0.15, 0.2) is 0 Å². The highest BCUT2D eigenvalue weighted by Crippen LogP contribution is 2.22. The van der Waals surface area contributed by atoms with Crippen LogP contribution in [0.1, 0.15) is 37.8 Å². The molecule has 1 fully saturated rings. The lowest BCUT2D eigenvalue weighted by Gasteiger charge is -2.24. The topological polar surface area (TPSA) is 55.6 Å². The number of rotatable bonds is 4. The van der Waals surface area contributed by atoms with Gasteiger partial charge in [0.05, 0.1) is 12.2 Å². The number of nitrogens with zero attached hydrogens (tertiary/aromatic N) is 2. The van der Waals surface area contributed by atoms with Gasteiger partial charge in [-0.2, -0.15) is 4.98 Å². The Kier molecular flexibility index (Phi) is 4.60. The van der Waals surface area contributed by atoms with Gasteiger partial charge in [0.1, 0.15) is 12.4 Å². The quantitative estimate of drug-likeness (QED) is 0.782. The third-order valence-electron chi connectivity index (χ3n) is 3.19. The summed E-state index contributed by atoms with van der Waals surface area (Å²) in [6, 6.07) is 0.262. The number of ether oxygens (including phenoxy) is 1. The number of aromatic nitrogens is 1. The maximum absolute atomic E-state index is 12.2. The molecule has 1 aliphatic carbocycles. The summed E-state index contributed by atoms with van der Waals surface area (Å²) in [6.07, 6.45) is 8.11. The van der Waals surface area contributed by atoms with Crippen molar-refractivity contribution in [3.63, 3.8) is 0 Å². The van der Waals surface area contributed by atoms with Gasteiger partial charge in [-0.1, -0.05) is 12.5 Å². The fraction of sp³-hybridized carbons (Fsp3) is 0.571. The molecule has 0 bridgehead atoms. The molecular weight excluding hydrogens is 244 g/mol. The van der Waals surface area contributed by atoms with Gasteiger partial charge in [-0.15, -0.1) is 6.58 Å². The summed E-state index contributed by atoms with van der Waals surface area (Å²) < 4.78 is 10.8. The third kappa shape index (κ3) is 3.59. The average molecular weight is 264 g/mol. The van der Waals surface area contributed by atoms with Crippen LogP contribution in [0.2, 0.25) is 0 Å². The zero-order chi connectivity index (χ0) is 13.7. The molecule has 1 saturated carbocycles. The fourth-order valence-corrected chi connectivity index (χ4v) is 2.21. The van der Waals surface area contributed by atoms with Crippen LogP contribution in [0.3, 0.4) is 0 Å². The molecule has 19 heavy (non-hydrogen) atoms. The van der Waals surface area contributed by atoms with E-state index in [0.717, 1.165) is 31.4 Å². The summed E-state index contributed by atoms with van der Waals surface area (Å²) in [7, 11) is 0. The maximum atomic E-state index is 12.2. The Balaban J connectivity index is 2.01. The minimum atomic E-state index is -0.409. The summed E-state index contributed by atoms with van der Waals surface area (Å²) in [4.78, 5) is 17.7. The molecule has 1 aromatic heterocycles. The van der Waals surface area contributed by atoms with Crippen LogP contribution in [-0.2, 0) is 4.74 Å². The van der Waals surface area contributed by atoms with Crippen molar-refractivity contribution in [2.45, 2.75) is 45.1 Å². The van der Waals surface area contributed by atoms with Gasteiger partial charge in [0.2, 0.25) is 0 Å². The van der Waals surface area contributed by atoms with Crippen molar-refractivity contribution < 1.29 is 13.9 Å². The lowest BCUT2D eigenvalue weighted by Crippen LogP contribution is -2.35. The van der Waals surface area contributed by atoms with Gasteiger partial charge in [-0.05, 0) is 32.6 Å². The molecule has 0 radical (unpaired) electrons. The largest absolute Gasteiger partial charge is 0.446 e. The molecule has 2 rings (SSSR count). The number of carbonyl (C=O) groups is 1. The van der Waals surface area contributed by atoms with Crippen molar-refractivity contribution in [1.29, 1.82) is 0 Å². The standard InChI is InChI=1S/C14H20N2O3/c1-3-9-16(13-15-11(2)10-18-13)14(17)19-12-7-5-4-6-8-12/h3,10,12H,1,4-9H2,2H3. The Morgan fingerprint density at radius 3 is 2.89 bits per heavy atom. The predicted molar refractivity (Wildman–Crippen MR) is 72.1 cm³/mol. The van der Waals surface area contributed by atoms with Gasteiger partial charge in [-0.25, -0.2) is 9.69 Å². The molecule has 1 aliphatic rings. The second-order valence-electron chi connectivity index (χ2n) is 4.81. The number of hydrogen-bond acceptors (Lipinski definition) is 4. The molecule has 0 N–H and O–H groups in total. The van der Waals surface area contributed by atoms with E-state index >= 15 is 0 Å². The summed E-state index contributed by atoms with van der Waals surface area (Å²) in [5.74, 6) is 0. The van der Waals surface area contributed by atoms with E-state index in [9.17, 15) is 4.79 Å². The van der Waals surface area contributed by atoms with Gasteiger partial charge in [0, 0.05) is 0 Å². The van der Waals surface area contributed by atoms with Gasteiger partial charge in [-0.3, -0.25) is 0 Å². The van der Waals surface area contributed by atoms with Crippen LogP contribution >= 0.6 is 0 Å². The van der Waals surface area contributed by atoms with E-state index in [-0.39, 0.29) is 12.1 Å². The van der Waals surface area contributed by atoms with Gasteiger partial charge in [0.25, 0.3) is 0 Å². The molecular formula is C14H20N2O3. The number of oxazole rings is 1. The molecule has 0 atom stereocenters. The van der Waals surface area contributed by atoms with Crippen molar-refractivity contribution >= 4 is 12.1 Å². The fourth-order valence-electron chi connectivity index (χ4n) is 2.21. The average Bonchev–Trinajstić information content (AvgIpc) is 2.83. The first kappa shape index (κ1) is 13.6. The molecule has 0 saturated heterocycles. The molecule has 0 aromatic carbocycles. The first-order valence-corrected chi connectivity index (χ1v) is 6.72. The summed E-state index contributed by atoms with van der Waals surface area (Å²) in [5.41, 5.74) is 0.731. The highest BCUT2D eigenvalue weighted by Gasteiger charge is 2.25. The molecule has 5 nitrogen and oxygen atoms in total. The van der Waals surface area contributed by atoms with Crippen LogP contribution in [0.15, 0.2) is 23.3 Å². The molecule has 1 amide bonds. The van der Waals surface area contributed by atoms with Crippen molar-refractivity contribution in [2.24, 2.45) is 0 Å². The van der Waals surface area contributed by atoms with Crippen molar-refractivity contribution in [1.82, 2.24) is 4.98 Å². The van der Waals surface area contributed by atoms with E-state index in [0.29, 0.717) is 6.54 Å². The van der Waals surface area contributed by atoms with E-state index in [1.807, 2.05) is 6.92 Å². The van der Waals surface area contributed by atoms with E-state index < -0.39 is 6.09 Å². The summed E-state index contributed by atoms with van der Waals surface area (Å²) >= 11 is 0. The Labute approximate surface area is 113 Å². The Hall–Kier alpha value is -1.78. The van der Waals surface area contributed by atoms with E-state index in [2.05, 4.69) is 11.6 Å². The Morgan fingerprint density at radius 2 is 2.32 bits per heavy atom. The normalized spacial score (nSPS) is 16.1. The van der Waals surface area contributed by atoms with Crippen LogP contribution < -0.4 is 4.90 Å². The monoisotopic (exact) mass is 264 g/mol. The van der Waals surface area contributed by atoms with Crippen LogP contribution in [0.4, 0.5) is 10.8 Å². The number of hydrogen-bond donors (Lipinski definition) is 0. The number of aryl methyl sites for hydroxylation is 1. The highest BCUT2D eigenvalue weighted by molar-refractivity contribution is 5.85. The molecule has 0 spiro atoms. The Bertz CT molecular complexity index is 436. The number of carbonyl (C=O) groups excluding carboxylic acids is 1. The zero-order valence-corrected chi connectivity index (χ0v) is 11.3. The van der Waals surface area contributed by atoms with E-state index in [1.54, 1.807) is 6.08 Å². The number of anilines is 1. The van der Waals surface area contributed by atoms with Gasteiger partial charge >= 0.3 is 12.1 Å². The predicted octanol–water partition coefficient (Wildman–Crippen LogP) is 3.44. The van der Waals surface area contributed by atoms with Crippen LogP contribution in [0.5, 0.6) is 0 Å². The zero-order valence-electron chi connectivity index (χ0n) is 11.3. The van der Waals surface area contributed by atoms with Gasteiger partial charge < -0.3 is 9.15 Å². The lowest BCUT2D eigenvalue weighted by atomic mass is 9.98. The van der Waals surface area contributed by atoms with Crippen LogP contribution in [-0.4, -0.2) is 23.7 Å². The SMILES string of the molecule is C=CCN(C(=O)OC1CCCCC1)c1nc(C)co1. The molecule has 1 aromatic rings. The van der Waals surface area contributed by atoms with Crippen LogP contribution in [0, 0.1) is 6.92 Å². The second-order valence-corrected chi connectivity index (χ2v) is 4.81. The van der Waals surface area contributed by atoms with Crippen molar-refractivity contribution in [2.75, 3.05) is 11.4 Å². The van der Waals surface area contributed by atoms with Crippen molar-refractivity contribution in [3.05, 3.63) is 24.6 Å². The molecule has 0 aliphatic heterocycles. The van der Waals surface area contributed by atoms with Crippen LogP contribution in [0.25, 0.3) is 0 Å². The Morgan fingerprint density at radius 1 is 1.58 bits per heavy atom. The molecule has 1 heterocycles. The van der Waals surface area contributed by atoms with E-state index in [1.165, 1.54) is 17.6 Å². The van der Waals surface area contributed by atoms with Crippen molar-refractivity contribution in [3.8, 4) is 0 Å². The first-order valence-electron chi connectivity index (χ1n) is 6.72. The maximum Gasteiger partial charge on any atom is 0.418 e. The summed E-state index contributed by atoms with van der Waals surface area (Å²) in [6.45, 7) is 5.78. The second kappa shape index (κ2) is 6.41. The van der Waals surface area contributed by atoms with E-state index in [4.69, 9.17) is 9.15 Å². The molecule has 0 unspecified atom stereocenters. The third-order valence-corrected chi connectivity index (χ3v) is 3.19. The summed E-state index contributed by atoms with van der Waals surface area (Å²) in [5, 5.41) is 0. The minimum absolute atomic E-state index is 0.0182. The number of amides is 1. The highest BCUT2D eigenvalue weighted by atomic mass is 16.6.